The van der Waals surface area contributed by atoms with E-state index in [9.17, 15) is 22.4 Å². The molecule has 42 heavy (non-hydrogen) atoms. The first kappa shape index (κ1) is 34.3. The summed E-state index contributed by atoms with van der Waals surface area (Å²) < 4.78 is 78.6. The number of anilines is 2. The number of alkyl halides is 3. The minimum atomic E-state index is -5.08. The van der Waals surface area contributed by atoms with E-state index in [-0.39, 0.29) is 12.1 Å². The SMILES string of the molecule is CC.CNCCNCCC(C)Oc1nc(-c2cc(N)c(F)c(C)c2C(F)(F)F)c(F)c(NCc2cnccn2)c1C=O. The molecule has 0 saturated carbocycles. The highest BCUT2D eigenvalue weighted by Gasteiger charge is 2.39. The molecule has 5 N–H and O–H groups in total. The molecule has 0 fully saturated rings. The number of hydrogen-bond acceptors (Lipinski definition) is 9. The molecule has 0 spiro atoms. The van der Waals surface area contributed by atoms with Gasteiger partial charge in [0.1, 0.15) is 17.1 Å². The molecular weight excluding hydrogens is 561 g/mol. The van der Waals surface area contributed by atoms with E-state index >= 15 is 4.39 Å². The van der Waals surface area contributed by atoms with Gasteiger partial charge < -0.3 is 26.4 Å². The highest BCUT2D eigenvalue weighted by molar-refractivity contribution is 5.90. The van der Waals surface area contributed by atoms with Crippen molar-refractivity contribution in [3.05, 3.63) is 58.7 Å². The fourth-order valence-corrected chi connectivity index (χ4v) is 3.97. The Bertz CT molecular complexity index is 1320. The number of benzene rings is 1. The first-order valence-electron chi connectivity index (χ1n) is 13.3. The summed E-state index contributed by atoms with van der Waals surface area (Å²) in [4.78, 5) is 24.1. The molecule has 2 heterocycles. The van der Waals surface area contributed by atoms with Gasteiger partial charge in [-0.3, -0.25) is 14.8 Å². The Hall–Kier alpha value is -3.91. The molecule has 1 unspecified atom stereocenters. The van der Waals surface area contributed by atoms with Gasteiger partial charge in [-0.15, -0.1) is 0 Å². The van der Waals surface area contributed by atoms with Crippen LogP contribution in [0.4, 0.5) is 33.3 Å². The number of carbonyl (C=O) groups excluding carboxylic acids is 1. The van der Waals surface area contributed by atoms with Gasteiger partial charge in [0.2, 0.25) is 5.88 Å². The fourth-order valence-electron chi connectivity index (χ4n) is 3.97. The number of rotatable bonds is 13. The average molecular weight is 598 g/mol. The van der Waals surface area contributed by atoms with Gasteiger partial charge in [0.25, 0.3) is 0 Å². The quantitative estimate of drug-likeness (QED) is 0.0917. The Morgan fingerprint density at radius 2 is 1.83 bits per heavy atom. The van der Waals surface area contributed by atoms with Crippen molar-refractivity contribution in [2.45, 2.75) is 52.9 Å². The normalized spacial score (nSPS) is 11.9. The van der Waals surface area contributed by atoms with Crippen LogP contribution in [0.25, 0.3) is 11.3 Å². The van der Waals surface area contributed by atoms with Crippen molar-refractivity contribution in [2.24, 2.45) is 0 Å². The number of ether oxygens (including phenoxy) is 1. The van der Waals surface area contributed by atoms with Gasteiger partial charge >= 0.3 is 6.18 Å². The fraction of sp³-hybridized carbons (Fsp3) is 0.429. The molecule has 230 valence electrons. The van der Waals surface area contributed by atoms with Crippen LogP contribution >= 0.6 is 0 Å². The smallest absolute Gasteiger partial charge is 0.417 e. The molecule has 1 aromatic carbocycles. The van der Waals surface area contributed by atoms with Crippen LogP contribution in [0.2, 0.25) is 0 Å². The predicted octanol–water partition coefficient (Wildman–Crippen LogP) is 5.14. The van der Waals surface area contributed by atoms with Crippen molar-refractivity contribution < 1.29 is 31.5 Å². The van der Waals surface area contributed by atoms with E-state index in [1.54, 1.807) is 6.92 Å². The van der Waals surface area contributed by atoms with Gasteiger partial charge in [-0.05, 0) is 45.5 Å². The summed E-state index contributed by atoms with van der Waals surface area (Å²) in [6, 6.07) is 0.669. The second-order valence-electron chi connectivity index (χ2n) is 8.93. The lowest BCUT2D eigenvalue weighted by Crippen LogP contribution is -2.28. The van der Waals surface area contributed by atoms with Crippen molar-refractivity contribution >= 4 is 17.7 Å². The van der Waals surface area contributed by atoms with E-state index < -0.39 is 63.6 Å². The number of pyridine rings is 1. The highest BCUT2D eigenvalue weighted by Crippen LogP contribution is 2.44. The first-order valence-corrected chi connectivity index (χ1v) is 13.3. The summed E-state index contributed by atoms with van der Waals surface area (Å²) >= 11 is 0. The van der Waals surface area contributed by atoms with Gasteiger partial charge in [-0.2, -0.15) is 13.2 Å². The molecule has 0 aliphatic heterocycles. The Labute approximate surface area is 241 Å². The van der Waals surface area contributed by atoms with Gasteiger partial charge in [0.05, 0.1) is 41.5 Å². The maximum Gasteiger partial charge on any atom is 0.417 e. The van der Waals surface area contributed by atoms with E-state index in [0.717, 1.165) is 13.5 Å². The Morgan fingerprint density at radius 1 is 1.12 bits per heavy atom. The number of aldehydes is 1. The largest absolute Gasteiger partial charge is 0.474 e. The van der Waals surface area contributed by atoms with E-state index in [4.69, 9.17) is 10.5 Å². The summed E-state index contributed by atoms with van der Waals surface area (Å²) in [5, 5.41) is 8.87. The molecule has 0 aliphatic carbocycles. The maximum absolute atomic E-state index is 16.0. The van der Waals surface area contributed by atoms with Gasteiger partial charge in [-0.1, -0.05) is 13.8 Å². The molecule has 3 aromatic rings. The third-order valence-corrected chi connectivity index (χ3v) is 5.98. The second kappa shape index (κ2) is 15.9. The molecule has 1 atom stereocenters. The van der Waals surface area contributed by atoms with Crippen LogP contribution in [0.5, 0.6) is 5.88 Å². The van der Waals surface area contributed by atoms with E-state index in [0.29, 0.717) is 37.6 Å². The average Bonchev–Trinajstić information content (AvgIpc) is 2.96. The van der Waals surface area contributed by atoms with Crippen LogP contribution in [0.1, 0.15) is 54.4 Å². The lowest BCUT2D eigenvalue weighted by Gasteiger charge is -2.22. The maximum atomic E-state index is 16.0. The Balaban J connectivity index is 0.00000301. The van der Waals surface area contributed by atoms with Gasteiger partial charge in [0, 0.05) is 31.0 Å². The molecule has 9 nitrogen and oxygen atoms in total. The zero-order chi connectivity index (χ0) is 31.4. The molecule has 0 amide bonds. The van der Waals surface area contributed by atoms with Crippen LogP contribution in [0.15, 0.2) is 24.7 Å². The number of nitrogen functional groups attached to an aromatic ring is 1. The molecule has 2 aromatic heterocycles. The number of halogens is 5. The topological polar surface area (TPSA) is 127 Å². The van der Waals surface area contributed by atoms with Crippen LogP contribution in [0, 0.1) is 18.6 Å². The summed E-state index contributed by atoms with van der Waals surface area (Å²) in [5.74, 6) is -2.96. The summed E-state index contributed by atoms with van der Waals surface area (Å²) in [6.45, 7) is 8.38. The zero-order valence-corrected chi connectivity index (χ0v) is 24.1. The van der Waals surface area contributed by atoms with Gasteiger partial charge in [-0.25, -0.2) is 13.8 Å². The molecule has 0 bridgehead atoms. The monoisotopic (exact) mass is 597 g/mol. The number of nitrogens with zero attached hydrogens (tertiary/aromatic N) is 3. The summed E-state index contributed by atoms with van der Waals surface area (Å²) in [5.41, 5.74) is 0.678. The first-order chi connectivity index (χ1) is 20.0. The minimum absolute atomic E-state index is 0.129. The number of hydrogen-bond donors (Lipinski definition) is 4. The molecule has 0 saturated heterocycles. The van der Waals surface area contributed by atoms with Crippen molar-refractivity contribution in [2.75, 3.05) is 37.7 Å². The number of nitrogens with one attached hydrogen (secondary N) is 3. The number of nitrogens with two attached hydrogens (primary N) is 1. The lowest BCUT2D eigenvalue weighted by atomic mass is 9.95. The number of carbonyl (C=O) groups is 1. The molecular formula is C28H36F5N7O2. The lowest BCUT2D eigenvalue weighted by molar-refractivity contribution is -0.137. The molecule has 0 radical (unpaired) electrons. The van der Waals surface area contributed by atoms with Crippen molar-refractivity contribution in [1.29, 1.82) is 0 Å². The predicted molar refractivity (Wildman–Crippen MR) is 151 cm³/mol. The van der Waals surface area contributed by atoms with Gasteiger partial charge in [0.15, 0.2) is 12.1 Å². The highest BCUT2D eigenvalue weighted by atomic mass is 19.4. The Morgan fingerprint density at radius 3 is 2.43 bits per heavy atom. The second-order valence-corrected chi connectivity index (χ2v) is 8.93. The van der Waals surface area contributed by atoms with Crippen LogP contribution in [-0.2, 0) is 12.7 Å². The van der Waals surface area contributed by atoms with Crippen LogP contribution in [-0.4, -0.2) is 54.0 Å². The van der Waals surface area contributed by atoms with Crippen LogP contribution < -0.4 is 26.4 Å². The van der Waals surface area contributed by atoms with Crippen molar-refractivity contribution in [3.8, 4) is 17.1 Å². The zero-order valence-electron chi connectivity index (χ0n) is 24.1. The van der Waals surface area contributed by atoms with E-state index in [1.807, 2.05) is 20.9 Å². The minimum Gasteiger partial charge on any atom is -0.474 e. The van der Waals surface area contributed by atoms with E-state index in [1.165, 1.54) is 18.6 Å². The van der Waals surface area contributed by atoms with E-state index in [2.05, 4.69) is 30.9 Å². The summed E-state index contributed by atoms with van der Waals surface area (Å²) in [7, 11) is 1.81. The van der Waals surface area contributed by atoms with Crippen LogP contribution in [0.3, 0.4) is 0 Å². The Kier molecular flexibility index (Phi) is 13.0. The number of aromatic nitrogens is 3. The van der Waals surface area contributed by atoms with Crippen molar-refractivity contribution in [3.63, 3.8) is 0 Å². The standard InChI is InChI=1S/C26H30F5N7O2.C2H6/c1-14(4-5-34-7-6-33-3)40-25-18(13-39)23(37-12-16-11-35-8-9-36-16)22(28)24(38-25)17-10-19(32)21(27)15(2)20(17)26(29,30)31;1-2/h8-11,13-14,33-34H,4-7,12,32H2,1-3H3,(H,37,38);1-2H3. The molecule has 14 heteroatoms. The summed E-state index contributed by atoms with van der Waals surface area (Å²) in [6.07, 6.45) is -0.706. The third kappa shape index (κ3) is 8.55. The third-order valence-electron chi connectivity index (χ3n) is 5.98. The van der Waals surface area contributed by atoms with Crippen molar-refractivity contribution in [1.82, 2.24) is 25.6 Å². The molecule has 0 aliphatic rings. The molecule has 3 rings (SSSR count). The number of likely N-dealkylation sites (N-methyl/N-ethyl adjacent to an activating group) is 1.